The molecule has 0 aliphatic carbocycles. The molecular weight excluding hydrogens is 230 g/mol. The molecule has 6 nitrogen and oxygen atoms in total. The van der Waals surface area contributed by atoms with Crippen LogP contribution < -0.4 is 16.0 Å². The Balaban J connectivity index is 3.02. The van der Waals surface area contributed by atoms with Crippen LogP contribution in [0.5, 0.6) is 0 Å². The molecular formula is C9H14ClN5O. The van der Waals surface area contributed by atoms with E-state index in [1.54, 1.807) is 11.9 Å². The largest absolute Gasteiger partial charge is 0.368 e. The van der Waals surface area contributed by atoms with Crippen LogP contribution >= 0.6 is 11.6 Å². The summed E-state index contributed by atoms with van der Waals surface area (Å²) < 4.78 is 0. The lowest BCUT2D eigenvalue weighted by Gasteiger charge is -2.21. The molecule has 88 valence electrons. The summed E-state index contributed by atoms with van der Waals surface area (Å²) in [7, 11) is 1.71. The second-order valence-electron chi connectivity index (χ2n) is 3.10. The van der Waals surface area contributed by atoms with Gasteiger partial charge in [-0.1, -0.05) is 11.6 Å². The van der Waals surface area contributed by atoms with E-state index in [4.69, 9.17) is 17.3 Å². The maximum Gasteiger partial charge on any atom is 0.236 e. The fourth-order valence-electron chi connectivity index (χ4n) is 1.22. The molecule has 3 N–H and O–H groups in total. The number of rotatable bonds is 5. The standard InChI is InChI=1S/C9H14ClN5O/c1-3-15(5-7(11)16)8-6(10)4-13-9(12-2)14-8/h4H,3,5H2,1-2H3,(H2,11,16)(H,12,13,14). The highest BCUT2D eigenvalue weighted by Gasteiger charge is 2.13. The Hall–Kier alpha value is -1.56. The Kier molecular flexibility index (Phi) is 4.30. The molecule has 0 saturated heterocycles. The van der Waals surface area contributed by atoms with E-state index in [2.05, 4.69) is 15.3 Å². The Morgan fingerprint density at radius 1 is 1.69 bits per heavy atom. The molecule has 0 radical (unpaired) electrons. The van der Waals surface area contributed by atoms with Crippen molar-refractivity contribution in [2.75, 3.05) is 30.4 Å². The molecule has 0 unspecified atom stereocenters. The Morgan fingerprint density at radius 3 is 2.88 bits per heavy atom. The number of hydrogen-bond acceptors (Lipinski definition) is 5. The predicted molar refractivity (Wildman–Crippen MR) is 63.7 cm³/mol. The van der Waals surface area contributed by atoms with Crippen LogP contribution in [-0.4, -0.2) is 36.0 Å². The van der Waals surface area contributed by atoms with Crippen LogP contribution in [0.25, 0.3) is 0 Å². The summed E-state index contributed by atoms with van der Waals surface area (Å²) in [6.45, 7) is 2.56. The van der Waals surface area contributed by atoms with Crippen molar-refractivity contribution in [1.29, 1.82) is 0 Å². The van der Waals surface area contributed by atoms with Gasteiger partial charge in [0.2, 0.25) is 11.9 Å². The lowest BCUT2D eigenvalue weighted by Crippen LogP contribution is -2.34. The molecule has 0 spiro atoms. The monoisotopic (exact) mass is 243 g/mol. The zero-order chi connectivity index (χ0) is 12.1. The summed E-state index contributed by atoms with van der Waals surface area (Å²) >= 11 is 5.96. The minimum Gasteiger partial charge on any atom is -0.368 e. The van der Waals surface area contributed by atoms with Crippen molar-refractivity contribution in [2.45, 2.75) is 6.92 Å². The van der Waals surface area contributed by atoms with Gasteiger partial charge in [0, 0.05) is 13.6 Å². The summed E-state index contributed by atoms with van der Waals surface area (Å²) in [6, 6.07) is 0. The second-order valence-corrected chi connectivity index (χ2v) is 3.50. The number of aromatic nitrogens is 2. The maximum absolute atomic E-state index is 10.9. The van der Waals surface area contributed by atoms with Crippen molar-refractivity contribution in [3.63, 3.8) is 0 Å². The van der Waals surface area contributed by atoms with Gasteiger partial charge in [-0.2, -0.15) is 4.98 Å². The first-order chi connectivity index (χ1) is 7.58. The second kappa shape index (κ2) is 5.50. The summed E-state index contributed by atoms with van der Waals surface area (Å²) in [5.74, 6) is 0.521. The third kappa shape index (κ3) is 2.96. The van der Waals surface area contributed by atoms with E-state index in [-0.39, 0.29) is 6.54 Å². The highest BCUT2D eigenvalue weighted by molar-refractivity contribution is 6.32. The van der Waals surface area contributed by atoms with Crippen LogP contribution in [0.3, 0.4) is 0 Å². The summed E-state index contributed by atoms with van der Waals surface area (Å²) in [4.78, 5) is 20.7. The van der Waals surface area contributed by atoms with E-state index < -0.39 is 5.91 Å². The molecule has 0 aliphatic rings. The topological polar surface area (TPSA) is 84.1 Å². The molecule has 0 atom stereocenters. The predicted octanol–water partition coefficient (Wildman–Crippen LogP) is 0.483. The first-order valence-corrected chi connectivity index (χ1v) is 5.19. The summed E-state index contributed by atoms with van der Waals surface area (Å²) in [6.07, 6.45) is 1.49. The Bertz CT molecular complexity index is 384. The Morgan fingerprint density at radius 2 is 2.38 bits per heavy atom. The van der Waals surface area contributed by atoms with E-state index in [0.29, 0.717) is 23.3 Å². The van der Waals surface area contributed by atoms with Crippen molar-refractivity contribution in [3.05, 3.63) is 11.2 Å². The number of primary amides is 1. The quantitative estimate of drug-likeness (QED) is 0.786. The lowest BCUT2D eigenvalue weighted by atomic mass is 10.4. The molecule has 1 aromatic rings. The SMILES string of the molecule is CCN(CC(N)=O)c1nc(NC)ncc1Cl. The first kappa shape index (κ1) is 12.5. The molecule has 0 aromatic carbocycles. The van der Waals surface area contributed by atoms with E-state index >= 15 is 0 Å². The maximum atomic E-state index is 10.9. The third-order valence-corrected chi connectivity index (χ3v) is 2.24. The zero-order valence-electron chi connectivity index (χ0n) is 9.20. The molecule has 0 fully saturated rings. The van der Waals surface area contributed by atoms with Crippen molar-refractivity contribution in [3.8, 4) is 0 Å². The van der Waals surface area contributed by atoms with Gasteiger partial charge in [0.15, 0.2) is 5.82 Å². The molecule has 7 heteroatoms. The van der Waals surface area contributed by atoms with Crippen LogP contribution in [0, 0.1) is 0 Å². The lowest BCUT2D eigenvalue weighted by molar-refractivity contribution is -0.116. The van der Waals surface area contributed by atoms with Crippen molar-refractivity contribution < 1.29 is 4.79 Å². The van der Waals surface area contributed by atoms with Crippen LogP contribution in [0.1, 0.15) is 6.92 Å². The molecule has 1 amide bonds. The minimum atomic E-state index is -0.428. The van der Waals surface area contributed by atoms with Crippen molar-refractivity contribution >= 4 is 29.3 Å². The number of anilines is 2. The number of likely N-dealkylation sites (N-methyl/N-ethyl adjacent to an activating group) is 1. The summed E-state index contributed by atoms with van der Waals surface area (Å²) in [5, 5.41) is 3.19. The number of nitrogens with zero attached hydrogens (tertiary/aromatic N) is 3. The Labute approximate surface area is 98.8 Å². The van der Waals surface area contributed by atoms with Crippen LogP contribution in [0.15, 0.2) is 6.20 Å². The van der Waals surface area contributed by atoms with Gasteiger partial charge in [-0.15, -0.1) is 0 Å². The van der Waals surface area contributed by atoms with Crippen molar-refractivity contribution in [1.82, 2.24) is 9.97 Å². The minimum absolute atomic E-state index is 0.0797. The number of nitrogens with one attached hydrogen (secondary N) is 1. The number of nitrogens with two attached hydrogens (primary N) is 1. The van der Waals surface area contributed by atoms with Gasteiger partial charge >= 0.3 is 0 Å². The first-order valence-electron chi connectivity index (χ1n) is 4.82. The molecule has 1 rings (SSSR count). The van der Waals surface area contributed by atoms with E-state index in [0.717, 1.165) is 0 Å². The fourth-order valence-corrected chi connectivity index (χ4v) is 1.44. The molecule has 16 heavy (non-hydrogen) atoms. The van der Waals surface area contributed by atoms with E-state index in [9.17, 15) is 4.79 Å². The smallest absolute Gasteiger partial charge is 0.236 e. The van der Waals surface area contributed by atoms with Gasteiger partial charge in [0.25, 0.3) is 0 Å². The van der Waals surface area contributed by atoms with Crippen LogP contribution in [0.2, 0.25) is 5.02 Å². The summed E-state index contributed by atoms with van der Waals surface area (Å²) in [5.41, 5.74) is 5.14. The average Bonchev–Trinajstić information content (AvgIpc) is 2.26. The zero-order valence-corrected chi connectivity index (χ0v) is 9.95. The molecule has 0 saturated carbocycles. The number of carbonyl (C=O) groups excluding carboxylic acids is 1. The van der Waals surface area contributed by atoms with Crippen LogP contribution in [0.4, 0.5) is 11.8 Å². The van der Waals surface area contributed by atoms with Crippen LogP contribution in [-0.2, 0) is 4.79 Å². The van der Waals surface area contributed by atoms with Gasteiger partial charge in [0.1, 0.15) is 5.02 Å². The van der Waals surface area contributed by atoms with Gasteiger partial charge in [-0.05, 0) is 6.92 Å². The van der Waals surface area contributed by atoms with E-state index in [1.165, 1.54) is 6.20 Å². The molecule has 0 bridgehead atoms. The van der Waals surface area contributed by atoms with Gasteiger partial charge < -0.3 is 16.0 Å². The van der Waals surface area contributed by atoms with Gasteiger partial charge in [0.05, 0.1) is 12.7 Å². The van der Waals surface area contributed by atoms with Crippen molar-refractivity contribution in [2.24, 2.45) is 5.73 Å². The van der Waals surface area contributed by atoms with Gasteiger partial charge in [-0.25, -0.2) is 4.98 Å². The number of carbonyl (C=O) groups is 1. The number of hydrogen-bond donors (Lipinski definition) is 2. The third-order valence-electron chi connectivity index (χ3n) is 1.98. The number of amides is 1. The van der Waals surface area contributed by atoms with Gasteiger partial charge in [-0.3, -0.25) is 4.79 Å². The highest BCUT2D eigenvalue weighted by Crippen LogP contribution is 2.23. The highest BCUT2D eigenvalue weighted by atomic mass is 35.5. The molecule has 1 aromatic heterocycles. The molecule has 1 heterocycles. The number of halogens is 1. The molecule has 0 aliphatic heterocycles. The van der Waals surface area contributed by atoms with E-state index in [1.807, 2.05) is 6.92 Å². The fraction of sp³-hybridized carbons (Fsp3) is 0.444. The normalized spacial score (nSPS) is 9.94. The average molecular weight is 244 g/mol.